The Morgan fingerprint density at radius 2 is 1.67 bits per heavy atom. The molecule has 0 aliphatic rings. The smallest absolute Gasteiger partial charge is 0.257 e. The Morgan fingerprint density at radius 3 is 2.42 bits per heavy atom. The quantitative estimate of drug-likeness (QED) is 0.684. The summed E-state index contributed by atoms with van der Waals surface area (Å²) in [4.78, 5) is 11.8. The molecule has 0 saturated heterocycles. The Bertz CT molecular complexity index is 605. The molecule has 1 amide bonds. The van der Waals surface area contributed by atoms with Gasteiger partial charge >= 0.3 is 0 Å². The molecule has 2 aromatic rings. The first-order valence-electron chi connectivity index (χ1n) is 8.06. The molecule has 0 aliphatic heterocycles. The molecule has 0 atom stereocenters. The summed E-state index contributed by atoms with van der Waals surface area (Å²) in [5.74, 6) is 0.615. The first-order valence-corrected chi connectivity index (χ1v) is 8.06. The van der Waals surface area contributed by atoms with E-state index in [2.05, 4.69) is 17.6 Å². The molecule has 24 heavy (non-hydrogen) atoms. The van der Waals surface area contributed by atoms with Crippen LogP contribution in [0.2, 0.25) is 0 Å². The molecule has 0 spiro atoms. The van der Waals surface area contributed by atoms with Crippen molar-refractivity contribution in [3.63, 3.8) is 0 Å². The van der Waals surface area contributed by atoms with Crippen LogP contribution in [0, 0.1) is 0 Å². The highest BCUT2D eigenvalue weighted by Crippen LogP contribution is 2.29. The first-order chi connectivity index (χ1) is 11.3. The van der Waals surface area contributed by atoms with Gasteiger partial charge in [-0.05, 0) is 24.6 Å². The lowest BCUT2D eigenvalue weighted by molar-refractivity contribution is -0.123. The summed E-state index contributed by atoms with van der Waals surface area (Å²) in [6.45, 7) is 4.50. The fourth-order valence-electron chi connectivity index (χ4n) is 2.24. The molecule has 0 aromatic heterocycles. The molecule has 0 fully saturated rings. The van der Waals surface area contributed by atoms with Crippen LogP contribution in [-0.2, 0) is 4.79 Å². The number of nitrogens with one attached hydrogen (secondary N) is 2. The third-order valence-electron chi connectivity index (χ3n) is 3.38. The van der Waals surface area contributed by atoms with Crippen molar-refractivity contribution < 1.29 is 9.53 Å². The van der Waals surface area contributed by atoms with Crippen LogP contribution in [-0.4, -0.2) is 32.1 Å². The van der Waals surface area contributed by atoms with Crippen molar-refractivity contribution in [2.45, 2.75) is 13.3 Å². The van der Waals surface area contributed by atoms with E-state index in [0.717, 1.165) is 36.4 Å². The Kier molecular flexibility index (Phi) is 9.58. The molecule has 0 saturated carbocycles. The summed E-state index contributed by atoms with van der Waals surface area (Å²) >= 11 is 0. The summed E-state index contributed by atoms with van der Waals surface area (Å²) in [6, 6.07) is 17.8. The van der Waals surface area contributed by atoms with Crippen LogP contribution in [0.4, 0.5) is 0 Å². The molecular formula is C19H25ClN2O2. The SMILES string of the molecule is CCCNCCNC(=O)COc1ccccc1-c1ccccc1.Cl. The van der Waals surface area contributed by atoms with Crippen LogP contribution in [0.5, 0.6) is 5.75 Å². The molecule has 0 radical (unpaired) electrons. The fourth-order valence-corrected chi connectivity index (χ4v) is 2.24. The number of amides is 1. The second-order valence-electron chi connectivity index (χ2n) is 5.25. The molecule has 0 bridgehead atoms. The third-order valence-corrected chi connectivity index (χ3v) is 3.38. The largest absolute Gasteiger partial charge is 0.483 e. The molecule has 5 heteroatoms. The van der Waals surface area contributed by atoms with Crippen LogP contribution >= 0.6 is 12.4 Å². The van der Waals surface area contributed by atoms with Crippen LogP contribution in [0.1, 0.15) is 13.3 Å². The van der Waals surface area contributed by atoms with E-state index in [0.29, 0.717) is 6.54 Å². The number of hydrogen-bond acceptors (Lipinski definition) is 3. The van der Waals surface area contributed by atoms with Crippen molar-refractivity contribution >= 4 is 18.3 Å². The van der Waals surface area contributed by atoms with E-state index >= 15 is 0 Å². The Balaban J connectivity index is 0.00000288. The van der Waals surface area contributed by atoms with Gasteiger partial charge in [0.05, 0.1) is 0 Å². The lowest BCUT2D eigenvalue weighted by Crippen LogP contribution is -2.35. The van der Waals surface area contributed by atoms with Gasteiger partial charge in [-0.3, -0.25) is 4.79 Å². The summed E-state index contributed by atoms with van der Waals surface area (Å²) in [6.07, 6.45) is 1.09. The van der Waals surface area contributed by atoms with Crippen LogP contribution in [0.3, 0.4) is 0 Å². The second kappa shape index (κ2) is 11.5. The second-order valence-corrected chi connectivity index (χ2v) is 5.25. The van der Waals surface area contributed by atoms with Gasteiger partial charge in [0.25, 0.3) is 5.91 Å². The van der Waals surface area contributed by atoms with Crippen molar-refractivity contribution in [3.8, 4) is 16.9 Å². The van der Waals surface area contributed by atoms with Gasteiger partial charge in [0.2, 0.25) is 0 Å². The third kappa shape index (κ3) is 6.60. The highest BCUT2D eigenvalue weighted by Gasteiger charge is 2.07. The number of rotatable bonds is 9. The molecule has 130 valence electrons. The number of ether oxygens (including phenoxy) is 1. The van der Waals surface area contributed by atoms with E-state index in [4.69, 9.17) is 4.74 Å². The summed E-state index contributed by atoms with van der Waals surface area (Å²) < 4.78 is 5.70. The number of carbonyl (C=O) groups excluding carboxylic acids is 1. The summed E-state index contributed by atoms with van der Waals surface area (Å²) in [5.41, 5.74) is 2.07. The minimum Gasteiger partial charge on any atom is -0.483 e. The Labute approximate surface area is 150 Å². The van der Waals surface area contributed by atoms with Crippen LogP contribution in [0.25, 0.3) is 11.1 Å². The first kappa shape index (κ1) is 20.0. The lowest BCUT2D eigenvalue weighted by atomic mass is 10.1. The number of carbonyl (C=O) groups is 1. The number of para-hydroxylation sites is 1. The fraction of sp³-hybridized carbons (Fsp3) is 0.316. The van der Waals surface area contributed by atoms with Crippen molar-refractivity contribution in [3.05, 3.63) is 54.6 Å². The highest BCUT2D eigenvalue weighted by atomic mass is 35.5. The van der Waals surface area contributed by atoms with Gasteiger partial charge in [-0.1, -0.05) is 55.5 Å². The van der Waals surface area contributed by atoms with Crippen molar-refractivity contribution in [2.24, 2.45) is 0 Å². The maximum atomic E-state index is 11.8. The van der Waals surface area contributed by atoms with E-state index in [1.165, 1.54) is 0 Å². The van der Waals surface area contributed by atoms with Crippen molar-refractivity contribution in [1.29, 1.82) is 0 Å². The van der Waals surface area contributed by atoms with E-state index in [-0.39, 0.29) is 24.9 Å². The topological polar surface area (TPSA) is 50.4 Å². The zero-order valence-electron chi connectivity index (χ0n) is 14.0. The molecule has 2 N–H and O–H groups in total. The Morgan fingerprint density at radius 1 is 0.958 bits per heavy atom. The van der Waals surface area contributed by atoms with E-state index in [1.807, 2.05) is 54.6 Å². The van der Waals surface area contributed by atoms with Gasteiger partial charge in [0, 0.05) is 18.7 Å². The standard InChI is InChI=1S/C19H24N2O2.ClH/c1-2-12-20-13-14-21-19(22)15-23-18-11-7-6-10-17(18)16-8-4-3-5-9-16;/h3-11,20H,2,12-15H2,1H3,(H,21,22);1H. The van der Waals surface area contributed by atoms with E-state index < -0.39 is 0 Å². The average molecular weight is 349 g/mol. The average Bonchev–Trinajstić information content (AvgIpc) is 2.61. The van der Waals surface area contributed by atoms with Gasteiger partial charge in [0.15, 0.2) is 6.61 Å². The van der Waals surface area contributed by atoms with Gasteiger partial charge < -0.3 is 15.4 Å². The lowest BCUT2D eigenvalue weighted by Gasteiger charge is -2.12. The van der Waals surface area contributed by atoms with Gasteiger partial charge in [-0.15, -0.1) is 12.4 Å². The predicted octanol–water partition coefficient (Wildman–Crippen LogP) is 3.27. The zero-order chi connectivity index (χ0) is 16.3. The van der Waals surface area contributed by atoms with E-state index in [9.17, 15) is 4.79 Å². The molecule has 0 unspecified atom stereocenters. The number of hydrogen-bond donors (Lipinski definition) is 2. The Hall–Kier alpha value is -2.04. The molecule has 2 aromatic carbocycles. The molecule has 0 aliphatic carbocycles. The minimum absolute atomic E-state index is 0. The van der Waals surface area contributed by atoms with Gasteiger partial charge in [0.1, 0.15) is 5.75 Å². The summed E-state index contributed by atoms with van der Waals surface area (Å²) in [5, 5.41) is 6.08. The number of halogens is 1. The predicted molar refractivity (Wildman–Crippen MR) is 101 cm³/mol. The molecular weight excluding hydrogens is 324 g/mol. The summed E-state index contributed by atoms with van der Waals surface area (Å²) in [7, 11) is 0. The number of benzene rings is 2. The van der Waals surface area contributed by atoms with E-state index in [1.54, 1.807) is 0 Å². The molecule has 4 nitrogen and oxygen atoms in total. The van der Waals surface area contributed by atoms with Gasteiger partial charge in [-0.2, -0.15) is 0 Å². The maximum absolute atomic E-state index is 11.8. The van der Waals surface area contributed by atoms with Crippen LogP contribution < -0.4 is 15.4 Å². The minimum atomic E-state index is -0.105. The zero-order valence-corrected chi connectivity index (χ0v) is 14.8. The maximum Gasteiger partial charge on any atom is 0.257 e. The van der Waals surface area contributed by atoms with Crippen LogP contribution in [0.15, 0.2) is 54.6 Å². The highest BCUT2D eigenvalue weighted by molar-refractivity contribution is 5.85. The monoisotopic (exact) mass is 348 g/mol. The van der Waals surface area contributed by atoms with Crippen molar-refractivity contribution in [1.82, 2.24) is 10.6 Å². The van der Waals surface area contributed by atoms with Crippen molar-refractivity contribution in [2.75, 3.05) is 26.2 Å². The normalized spacial score (nSPS) is 9.88. The molecule has 2 rings (SSSR count). The molecule has 0 heterocycles. The van der Waals surface area contributed by atoms with Gasteiger partial charge in [-0.25, -0.2) is 0 Å².